The first-order valence-corrected chi connectivity index (χ1v) is 7.80. The molecule has 0 saturated heterocycles. The first-order valence-electron chi connectivity index (χ1n) is 7.80. The maximum Gasteiger partial charge on any atom is 0.270 e. The number of nitrogens with zero attached hydrogens (tertiary/aromatic N) is 3. The van der Waals surface area contributed by atoms with Gasteiger partial charge in [-0.3, -0.25) is 19.3 Å². The summed E-state index contributed by atoms with van der Waals surface area (Å²) in [7, 11) is 0. The Bertz CT molecular complexity index is 1400. The number of fused-ring (bicyclic) bond motifs is 4. The third kappa shape index (κ3) is 1.73. The summed E-state index contributed by atoms with van der Waals surface area (Å²) < 4.78 is 1.56. The minimum atomic E-state index is -0.471. The Kier molecular flexibility index (Phi) is 2.50. The Morgan fingerprint density at radius 1 is 1.08 bits per heavy atom. The summed E-state index contributed by atoms with van der Waals surface area (Å²) >= 11 is 0. The average Bonchev–Trinajstić information content (AvgIpc) is 2.97. The first-order chi connectivity index (χ1) is 12.0. The second kappa shape index (κ2) is 4.51. The summed E-state index contributed by atoms with van der Waals surface area (Å²) in [5, 5.41) is 13.8. The van der Waals surface area contributed by atoms with E-state index < -0.39 is 4.92 Å². The fourth-order valence-corrected chi connectivity index (χ4v) is 3.56. The van der Waals surface area contributed by atoms with Gasteiger partial charge in [0.1, 0.15) is 5.65 Å². The normalized spacial score (nSPS) is 11.9. The molecule has 6 nitrogen and oxygen atoms in total. The molecule has 0 saturated carbocycles. The van der Waals surface area contributed by atoms with Crippen LogP contribution in [-0.2, 0) is 0 Å². The number of aryl methyl sites for hydroxylation is 1. The lowest BCUT2D eigenvalue weighted by Gasteiger charge is -2.07. The largest absolute Gasteiger partial charge is 0.270 e. The van der Waals surface area contributed by atoms with Gasteiger partial charge in [-0.1, -0.05) is 24.3 Å². The minimum Gasteiger partial charge on any atom is -0.268 e. The summed E-state index contributed by atoms with van der Waals surface area (Å²) in [4.78, 5) is 28.6. The molecule has 120 valence electrons. The van der Waals surface area contributed by atoms with Crippen molar-refractivity contribution in [3.8, 4) is 0 Å². The van der Waals surface area contributed by atoms with Gasteiger partial charge in [-0.15, -0.1) is 0 Å². The van der Waals surface area contributed by atoms with Crippen molar-refractivity contribution in [1.29, 1.82) is 0 Å². The van der Waals surface area contributed by atoms with Gasteiger partial charge in [0.05, 0.1) is 21.3 Å². The van der Waals surface area contributed by atoms with Crippen LogP contribution in [0.15, 0.2) is 53.3 Å². The van der Waals surface area contributed by atoms with Crippen molar-refractivity contribution in [3.05, 3.63) is 74.6 Å². The number of hydrogen-bond donors (Lipinski definition) is 0. The van der Waals surface area contributed by atoms with E-state index in [1.807, 2.05) is 37.3 Å². The molecule has 0 aliphatic heterocycles. The van der Waals surface area contributed by atoms with Gasteiger partial charge in [0.15, 0.2) is 0 Å². The van der Waals surface area contributed by atoms with Gasteiger partial charge in [-0.2, -0.15) is 0 Å². The molecule has 6 heteroatoms. The molecule has 0 unspecified atom stereocenters. The van der Waals surface area contributed by atoms with Crippen LogP contribution in [0.5, 0.6) is 0 Å². The highest BCUT2D eigenvalue weighted by molar-refractivity contribution is 6.16. The van der Waals surface area contributed by atoms with Gasteiger partial charge in [-0.05, 0) is 30.0 Å². The molecule has 0 atom stereocenters. The smallest absolute Gasteiger partial charge is 0.268 e. The number of hydrogen-bond acceptors (Lipinski definition) is 4. The van der Waals surface area contributed by atoms with Gasteiger partial charge in [0.2, 0.25) is 0 Å². The Hall–Kier alpha value is -3.54. The SMILES string of the molecule is Cc1ccc2nc3c4cccc5cc([N+](=O)[O-])cc(c(=O)n3c2c1)c54. The van der Waals surface area contributed by atoms with Crippen molar-refractivity contribution in [2.24, 2.45) is 0 Å². The third-order valence-corrected chi connectivity index (χ3v) is 4.66. The van der Waals surface area contributed by atoms with Gasteiger partial charge in [0, 0.05) is 22.9 Å². The second-order valence-electron chi connectivity index (χ2n) is 6.22. The van der Waals surface area contributed by atoms with E-state index in [-0.39, 0.29) is 11.2 Å². The predicted molar refractivity (Wildman–Crippen MR) is 96.6 cm³/mol. The van der Waals surface area contributed by atoms with E-state index in [4.69, 9.17) is 0 Å². The van der Waals surface area contributed by atoms with Crippen molar-refractivity contribution < 1.29 is 4.92 Å². The molecule has 5 rings (SSSR count). The molecule has 0 bridgehead atoms. The molecular formula is C19H11N3O3. The highest BCUT2D eigenvalue weighted by atomic mass is 16.6. The topological polar surface area (TPSA) is 77.5 Å². The van der Waals surface area contributed by atoms with Crippen LogP contribution in [-0.4, -0.2) is 14.3 Å². The first kappa shape index (κ1) is 13.9. The molecule has 3 aromatic carbocycles. The zero-order valence-electron chi connectivity index (χ0n) is 13.2. The summed E-state index contributed by atoms with van der Waals surface area (Å²) in [5.41, 5.74) is 2.68. The molecule has 0 spiro atoms. The second-order valence-corrected chi connectivity index (χ2v) is 6.22. The number of non-ortho nitro benzene ring substituents is 1. The van der Waals surface area contributed by atoms with Gasteiger partial charge in [-0.25, -0.2) is 4.98 Å². The lowest BCUT2D eigenvalue weighted by Crippen LogP contribution is -2.13. The van der Waals surface area contributed by atoms with E-state index in [0.29, 0.717) is 21.9 Å². The molecule has 2 aromatic heterocycles. The predicted octanol–water partition coefficient (Wildman–Crippen LogP) is 3.81. The molecule has 2 heterocycles. The average molecular weight is 329 g/mol. The van der Waals surface area contributed by atoms with Crippen molar-refractivity contribution >= 4 is 43.9 Å². The molecule has 25 heavy (non-hydrogen) atoms. The van der Waals surface area contributed by atoms with E-state index >= 15 is 0 Å². The van der Waals surface area contributed by atoms with Crippen molar-refractivity contribution in [2.75, 3.05) is 0 Å². The molecule has 0 amide bonds. The van der Waals surface area contributed by atoms with Crippen LogP contribution >= 0.6 is 0 Å². The lowest BCUT2D eigenvalue weighted by atomic mass is 10.0. The summed E-state index contributed by atoms with van der Waals surface area (Å²) in [6, 6.07) is 14.1. The zero-order chi connectivity index (χ0) is 17.3. The number of nitro benzene ring substituents is 1. The maximum atomic E-state index is 13.2. The number of rotatable bonds is 1. The quantitative estimate of drug-likeness (QED) is 0.346. The Labute approximate surface area is 140 Å². The zero-order valence-corrected chi connectivity index (χ0v) is 13.2. The molecule has 0 N–H and O–H groups in total. The fourth-order valence-electron chi connectivity index (χ4n) is 3.56. The van der Waals surface area contributed by atoms with E-state index in [1.165, 1.54) is 12.1 Å². The van der Waals surface area contributed by atoms with E-state index in [2.05, 4.69) is 4.98 Å². The summed E-state index contributed by atoms with van der Waals surface area (Å²) in [6.45, 7) is 1.95. The Morgan fingerprint density at radius 2 is 1.92 bits per heavy atom. The van der Waals surface area contributed by atoms with Crippen LogP contribution in [0.2, 0.25) is 0 Å². The van der Waals surface area contributed by atoms with Crippen LogP contribution in [0.4, 0.5) is 5.69 Å². The lowest BCUT2D eigenvalue weighted by molar-refractivity contribution is -0.384. The molecular weight excluding hydrogens is 318 g/mol. The van der Waals surface area contributed by atoms with Crippen LogP contribution in [0.1, 0.15) is 5.56 Å². The molecule has 0 aliphatic carbocycles. The van der Waals surface area contributed by atoms with Crippen LogP contribution < -0.4 is 5.56 Å². The third-order valence-electron chi connectivity index (χ3n) is 4.66. The van der Waals surface area contributed by atoms with Crippen LogP contribution in [0.3, 0.4) is 0 Å². The summed E-state index contributed by atoms with van der Waals surface area (Å²) in [6.07, 6.45) is 0. The van der Waals surface area contributed by atoms with E-state index in [9.17, 15) is 14.9 Å². The van der Waals surface area contributed by atoms with Gasteiger partial charge >= 0.3 is 0 Å². The van der Waals surface area contributed by atoms with Crippen molar-refractivity contribution in [2.45, 2.75) is 6.92 Å². The summed E-state index contributed by atoms with van der Waals surface area (Å²) in [5.74, 6) is 0. The van der Waals surface area contributed by atoms with Crippen molar-refractivity contribution in [1.82, 2.24) is 9.38 Å². The van der Waals surface area contributed by atoms with Crippen LogP contribution in [0.25, 0.3) is 38.2 Å². The maximum absolute atomic E-state index is 13.2. The number of imidazole rings is 1. The van der Waals surface area contributed by atoms with E-state index in [1.54, 1.807) is 10.5 Å². The highest BCUT2D eigenvalue weighted by Crippen LogP contribution is 2.32. The standard InChI is InChI=1S/C19H11N3O3/c1-10-5-6-15-16(7-10)21-18(20-15)13-4-2-3-11-8-12(22(24)25)9-14(17(11)13)19(21)23/h2-9H,1H3. The Balaban J connectivity index is 2.15. The molecule has 0 radical (unpaired) electrons. The van der Waals surface area contributed by atoms with Crippen LogP contribution in [0, 0.1) is 17.0 Å². The number of nitro groups is 1. The number of pyridine rings is 1. The number of benzene rings is 3. The molecule has 5 aromatic rings. The minimum absolute atomic E-state index is 0.0861. The van der Waals surface area contributed by atoms with Crippen molar-refractivity contribution in [3.63, 3.8) is 0 Å². The molecule has 0 aliphatic rings. The van der Waals surface area contributed by atoms with E-state index in [0.717, 1.165) is 21.9 Å². The highest BCUT2D eigenvalue weighted by Gasteiger charge is 2.19. The molecule has 0 fully saturated rings. The Morgan fingerprint density at radius 3 is 2.72 bits per heavy atom. The number of aromatic nitrogens is 2. The monoisotopic (exact) mass is 329 g/mol. The van der Waals surface area contributed by atoms with Gasteiger partial charge < -0.3 is 0 Å². The fraction of sp³-hybridized carbons (Fsp3) is 0.0526. The van der Waals surface area contributed by atoms with Gasteiger partial charge in [0.25, 0.3) is 11.2 Å².